The Balaban J connectivity index is 1.76. The quantitative estimate of drug-likeness (QED) is 0.601. The Labute approximate surface area is 154 Å². The number of halogens is 3. The standard InChI is InChI=1S/C21H16F3N3/c22-21(23,24)16-7-3-1-6-14(16)19-15-11-26-20-18(15)13(9-10-25-20)12-5-2-4-8-17(12)27-19/h1-10,15,19,27H,11H2,(H,25,26). The van der Waals surface area contributed by atoms with Gasteiger partial charge in [0.1, 0.15) is 5.82 Å². The van der Waals surface area contributed by atoms with E-state index in [1.165, 1.54) is 6.07 Å². The number of hydrogen-bond acceptors (Lipinski definition) is 3. The summed E-state index contributed by atoms with van der Waals surface area (Å²) in [6.07, 6.45) is -2.67. The first-order valence-electron chi connectivity index (χ1n) is 8.79. The zero-order valence-corrected chi connectivity index (χ0v) is 14.2. The Morgan fingerprint density at radius 1 is 0.926 bits per heavy atom. The number of aromatic nitrogens is 1. The lowest BCUT2D eigenvalue weighted by Gasteiger charge is -2.27. The highest BCUT2D eigenvalue weighted by Crippen LogP contribution is 2.51. The molecular weight excluding hydrogens is 351 g/mol. The first-order valence-corrected chi connectivity index (χ1v) is 8.79. The van der Waals surface area contributed by atoms with E-state index in [0.29, 0.717) is 6.54 Å². The average molecular weight is 367 g/mol. The summed E-state index contributed by atoms with van der Waals surface area (Å²) in [6, 6.07) is 15.0. The maximum Gasteiger partial charge on any atom is 0.416 e. The number of para-hydroxylation sites is 1. The van der Waals surface area contributed by atoms with E-state index in [1.807, 2.05) is 30.3 Å². The van der Waals surface area contributed by atoms with Crippen molar-refractivity contribution < 1.29 is 13.2 Å². The number of alkyl halides is 3. The van der Waals surface area contributed by atoms with E-state index in [1.54, 1.807) is 18.3 Å². The average Bonchev–Trinajstić information content (AvgIpc) is 3.03. The minimum absolute atomic E-state index is 0.153. The minimum Gasteiger partial charge on any atom is -0.377 e. The van der Waals surface area contributed by atoms with Gasteiger partial charge in [0, 0.05) is 35.5 Å². The molecule has 2 aromatic carbocycles. The van der Waals surface area contributed by atoms with Gasteiger partial charge in [-0.25, -0.2) is 4.98 Å². The third kappa shape index (κ3) is 2.47. The molecule has 0 bridgehead atoms. The van der Waals surface area contributed by atoms with Gasteiger partial charge in [-0.05, 0) is 29.3 Å². The van der Waals surface area contributed by atoms with Crippen LogP contribution in [0.3, 0.4) is 0 Å². The second-order valence-corrected chi connectivity index (χ2v) is 6.86. The highest BCUT2D eigenvalue weighted by atomic mass is 19.4. The number of fused-ring (bicyclic) bond motifs is 2. The molecule has 3 nitrogen and oxygen atoms in total. The van der Waals surface area contributed by atoms with Gasteiger partial charge in [-0.2, -0.15) is 13.2 Å². The Morgan fingerprint density at radius 2 is 1.70 bits per heavy atom. The monoisotopic (exact) mass is 367 g/mol. The molecule has 0 spiro atoms. The van der Waals surface area contributed by atoms with Crippen LogP contribution in [0.2, 0.25) is 0 Å². The van der Waals surface area contributed by atoms with E-state index in [2.05, 4.69) is 15.6 Å². The Hall–Kier alpha value is -3.02. The van der Waals surface area contributed by atoms with E-state index < -0.39 is 17.8 Å². The highest BCUT2D eigenvalue weighted by Gasteiger charge is 2.41. The predicted octanol–water partition coefficient (Wildman–Crippen LogP) is 5.44. The van der Waals surface area contributed by atoms with Crippen molar-refractivity contribution in [3.05, 3.63) is 77.5 Å². The van der Waals surface area contributed by atoms with Crippen LogP contribution in [0.1, 0.15) is 28.7 Å². The normalized spacial score (nSPS) is 20.1. The molecule has 2 atom stereocenters. The summed E-state index contributed by atoms with van der Waals surface area (Å²) in [5, 5.41) is 6.67. The number of benzene rings is 2. The molecule has 0 fully saturated rings. The van der Waals surface area contributed by atoms with Gasteiger partial charge in [0.05, 0.1) is 11.6 Å². The molecular formula is C21H16F3N3. The summed E-state index contributed by atoms with van der Waals surface area (Å²) in [4.78, 5) is 4.40. The fourth-order valence-corrected chi connectivity index (χ4v) is 4.25. The lowest BCUT2D eigenvalue weighted by atomic mass is 9.85. The topological polar surface area (TPSA) is 37.0 Å². The SMILES string of the molecule is FC(F)(F)c1ccccc1C1Nc2ccccc2-c2ccnc3c2C1CN3. The van der Waals surface area contributed by atoms with Crippen molar-refractivity contribution in [1.82, 2.24) is 4.98 Å². The molecule has 2 aliphatic heterocycles. The van der Waals surface area contributed by atoms with Crippen molar-refractivity contribution in [3.8, 4) is 11.1 Å². The zero-order chi connectivity index (χ0) is 18.6. The molecule has 0 radical (unpaired) electrons. The third-order valence-electron chi connectivity index (χ3n) is 5.38. The number of anilines is 2. The van der Waals surface area contributed by atoms with Crippen LogP contribution in [0.4, 0.5) is 24.7 Å². The first-order chi connectivity index (χ1) is 13.0. The summed E-state index contributed by atoms with van der Waals surface area (Å²) in [5.74, 6) is 0.602. The Kier molecular flexibility index (Phi) is 3.44. The van der Waals surface area contributed by atoms with Gasteiger partial charge in [0.2, 0.25) is 0 Å². The summed E-state index contributed by atoms with van der Waals surface area (Å²) in [7, 11) is 0. The van der Waals surface area contributed by atoms with Crippen LogP contribution in [0.5, 0.6) is 0 Å². The molecule has 3 aromatic rings. The smallest absolute Gasteiger partial charge is 0.377 e. The van der Waals surface area contributed by atoms with Crippen LogP contribution >= 0.6 is 0 Å². The minimum atomic E-state index is -4.41. The highest BCUT2D eigenvalue weighted by molar-refractivity contribution is 5.85. The van der Waals surface area contributed by atoms with Gasteiger partial charge < -0.3 is 10.6 Å². The number of pyridine rings is 1. The van der Waals surface area contributed by atoms with E-state index in [4.69, 9.17) is 0 Å². The molecule has 136 valence electrons. The van der Waals surface area contributed by atoms with Gasteiger partial charge in [0.15, 0.2) is 0 Å². The molecule has 0 amide bonds. The Morgan fingerprint density at radius 3 is 2.56 bits per heavy atom. The molecule has 2 N–H and O–H groups in total. The van der Waals surface area contributed by atoms with Gasteiger partial charge in [0.25, 0.3) is 0 Å². The molecule has 0 saturated carbocycles. The summed E-state index contributed by atoms with van der Waals surface area (Å²) >= 11 is 0. The van der Waals surface area contributed by atoms with E-state index in [9.17, 15) is 13.2 Å². The van der Waals surface area contributed by atoms with E-state index in [0.717, 1.165) is 34.3 Å². The van der Waals surface area contributed by atoms with Crippen LogP contribution in [-0.4, -0.2) is 11.5 Å². The summed E-state index contributed by atoms with van der Waals surface area (Å²) in [6.45, 7) is 0.539. The lowest BCUT2D eigenvalue weighted by Crippen LogP contribution is -2.23. The van der Waals surface area contributed by atoms with Crippen molar-refractivity contribution in [2.75, 3.05) is 17.2 Å². The molecule has 2 aliphatic rings. The fraction of sp³-hybridized carbons (Fsp3) is 0.190. The van der Waals surface area contributed by atoms with Gasteiger partial charge in [-0.15, -0.1) is 0 Å². The van der Waals surface area contributed by atoms with Crippen LogP contribution in [0, 0.1) is 0 Å². The van der Waals surface area contributed by atoms with E-state index in [-0.39, 0.29) is 11.5 Å². The molecule has 27 heavy (non-hydrogen) atoms. The van der Waals surface area contributed by atoms with Gasteiger partial charge in [-0.3, -0.25) is 0 Å². The molecule has 6 heteroatoms. The third-order valence-corrected chi connectivity index (χ3v) is 5.38. The lowest BCUT2D eigenvalue weighted by molar-refractivity contribution is -0.138. The van der Waals surface area contributed by atoms with Crippen molar-refractivity contribution in [3.63, 3.8) is 0 Å². The predicted molar refractivity (Wildman–Crippen MR) is 98.7 cm³/mol. The summed E-state index contributed by atoms with van der Waals surface area (Å²) < 4.78 is 41.1. The second kappa shape index (κ2) is 5.74. The zero-order valence-electron chi connectivity index (χ0n) is 14.2. The van der Waals surface area contributed by atoms with Gasteiger partial charge >= 0.3 is 6.18 Å². The Bertz CT molecular complexity index is 1030. The van der Waals surface area contributed by atoms with E-state index >= 15 is 0 Å². The molecule has 2 unspecified atom stereocenters. The number of nitrogens with zero attached hydrogens (tertiary/aromatic N) is 1. The number of nitrogens with one attached hydrogen (secondary N) is 2. The molecule has 1 aromatic heterocycles. The number of rotatable bonds is 1. The van der Waals surface area contributed by atoms with Crippen LogP contribution in [-0.2, 0) is 6.18 Å². The fourth-order valence-electron chi connectivity index (χ4n) is 4.25. The van der Waals surface area contributed by atoms with Crippen molar-refractivity contribution in [1.29, 1.82) is 0 Å². The van der Waals surface area contributed by atoms with Crippen LogP contribution in [0.25, 0.3) is 11.1 Å². The second-order valence-electron chi connectivity index (χ2n) is 6.86. The van der Waals surface area contributed by atoms with Crippen LogP contribution < -0.4 is 10.6 Å². The summed E-state index contributed by atoms with van der Waals surface area (Å²) in [5.41, 5.74) is 3.48. The molecule has 3 heterocycles. The first kappa shape index (κ1) is 16.2. The molecule has 0 saturated heterocycles. The maximum absolute atomic E-state index is 13.7. The van der Waals surface area contributed by atoms with Crippen molar-refractivity contribution >= 4 is 11.5 Å². The molecule has 0 aliphatic carbocycles. The van der Waals surface area contributed by atoms with Crippen LogP contribution in [0.15, 0.2) is 60.8 Å². The largest absolute Gasteiger partial charge is 0.416 e. The van der Waals surface area contributed by atoms with Crippen molar-refractivity contribution in [2.45, 2.75) is 18.1 Å². The molecule has 5 rings (SSSR count). The van der Waals surface area contributed by atoms with Crippen molar-refractivity contribution in [2.24, 2.45) is 0 Å². The number of hydrogen-bond donors (Lipinski definition) is 2. The van der Waals surface area contributed by atoms with Gasteiger partial charge in [-0.1, -0.05) is 36.4 Å². The maximum atomic E-state index is 13.7.